The van der Waals surface area contributed by atoms with Gasteiger partial charge < -0.3 is 19.3 Å². The Hall–Kier alpha value is -3.35. The van der Waals surface area contributed by atoms with Gasteiger partial charge in [-0.05, 0) is 42.7 Å². The van der Waals surface area contributed by atoms with Gasteiger partial charge in [-0.15, -0.1) is 0 Å². The summed E-state index contributed by atoms with van der Waals surface area (Å²) >= 11 is 0. The van der Waals surface area contributed by atoms with Crippen molar-refractivity contribution in [3.8, 4) is 5.75 Å². The van der Waals surface area contributed by atoms with Gasteiger partial charge in [-0.25, -0.2) is 4.98 Å². The molecule has 0 atom stereocenters. The minimum atomic E-state index is -1.02. The first kappa shape index (κ1) is 22.8. The van der Waals surface area contributed by atoms with Gasteiger partial charge >= 0.3 is 5.97 Å². The Morgan fingerprint density at radius 3 is 2.52 bits per heavy atom. The summed E-state index contributed by atoms with van der Waals surface area (Å²) in [7, 11) is 1.59. The van der Waals surface area contributed by atoms with Gasteiger partial charge in [0.25, 0.3) is 0 Å². The van der Waals surface area contributed by atoms with E-state index in [1.165, 1.54) is 24.2 Å². The predicted molar refractivity (Wildman–Crippen MR) is 126 cm³/mol. The predicted octanol–water partition coefficient (Wildman–Crippen LogP) is 4.60. The molecule has 1 amide bonds. The molecule has 0 spiro atoms. The highest BCUT2D eigenvalue weighted by Crippen LogP contribution is 2.34. The Kier molecular flexibility index (Phi) is 7.27. The van der Waals surface area contributed by atoms with Crippen molar-refractivity contribution in [3.05, 3.63) is 59.9 Å². The first-order chi connectivity index (χ1) is 16.0. The summed E-state index contributed by atoms with van der Waals surface area (Å²) in [6.07, 6.45) is 6.16. The number of carboxylic acids is 1. The lowest BCUT2D eigenvalue weighted by molar-refractivity contribution is -0.145. The van der Waals surface area contributed by atoms with E-state index in [9.17, 15) is 14.7 Å². The fourth-order valence-electron chi connectivity index (χ4n) is 4.71. The summed E-state index contributed by atoms with van der Waals surface area (Å²) in [5.74, 6) is 0.991. The number of fused-ring (bicyclic) bond motifs is 1. The van der Waals surface area contributed by atoms with E-state index in [-0.39, 0.29) is 25.4 Å². The maximum atomic E-state index is 13.1. The highest BCUT2D eigenvalue weighted by Gasteiger charge is 2.24. The van der Waals surface area contributed by atoms with Gasteiger partial charge in [0.2, 0.25) is 5.91 Å². The zero-order chi connectivity index (χ0) is 23.2. The molecule has 1 saturated carbocycles. The fourth-order valence-corrected chi connectivity index (χ4v) is 4.71. The lowest BCUT2D eigenvalue weighted by Crippen LogP contribution is -2.35. The zero-order valence-corrected chi connectivity index (χ0v) is 19.1. The van der Waals surface area contributed by atoms with E-state index < -0.39 is 5.97 Å². The largest absolute Gasteiger partial charge is 0.497 e. The number of rotatable bonds is 9. The first-order valence-electron chi connectivity index (χ1n) is 11.6. The maximum Gasteiger partial charge on any atom is 0.323 e. The van der Waals surface area contributed by atoms with E-state index >= 15 is 0 Å². The van der Waals surface area contributed by atoms with Crippen molar-refractivity contribution in [1.29, 1.82) is 0 Å². The molecule has 4 rings (SSSR count). The van der Waals surface area contributed by atoms with E-state index in [1.54, 1.807) is 7.11 Å². The summed E-state index contributed by atoms with van der Waals surface area (Å²) in [6, 6.07) is 15.4. The minimum absolute atomic E-state index is 0.180. The molecule has 2 aromatic carbocycles. The maximum absolute atomic E-state index is 13.1. The molecule has 0 bridgehead atoms. The number of nitrogens with zero attached hydrogens (tertiary/aromatic N) is 3. The van der Waals surface area contributed by atoms with Crippen molar-refractivity contribution in [2.75, 3.05) is 13.7 Å². The number of hydrogen-bond donors (Lipinski definition) is 1. The minimum Gasteiger partial charge on any atom is -0.497 e. The molecule has 1 aliphatic rings. The van der Waals surface area contributed by atoms with Crippen LogP contribution in [-0.4, -0.2) is 45.1 Å². The number of imidazole rings is 1. The average molecular weight is 450 g/mol. The van der Waals surface area contributed by atoms with Crippen LogP contribution in [-0.2, 0) is 22.7 Å². The molecule has 7 nitrogen and oxygen atoms in total. The van der Waals surface area contributed by atoms with Crippen LogP contribution >= 0.6 is 0 Å². The van der Waals surface area contributed by atoms with Crippen LogP contribution in [0.25, 0.3) is 11.0 Å². The molecular weight excluding hydrogens is 418 g/mol. The lowest BCUT2D eigenvalue weighted by Gasteiger charge is -2.24. The van der Waals surface area contributed by atoms with Crippen LogP contribution < -0.4 is 4.74 Å². The summed E-state index contributed by atoms with van der Waals surface area (Å²) in [6.45, 7) is 0.407. The van der Waals surface area contributed by atoms with Gasteiger partial charge in [0.1, 0.15) is 18.1 Å². The second-order valence-electron chi connectivity index (χ2n) is 8.69. The fraction of sp³-hybridized carbons (Fsp3) is 0.423. The molecular formula is C26H31N3O4. The molecule has 1 aromatic heterocycles. The Labute approximate surface area is 194 Å². The van der Waals surface area contributed by atoms with E-state index in [2.05, 4.69) is 4.57 Å². The van der Waals surface area contributed by atoms with E-state index in [1.807, 2.05) is 48.5 Å². The molecule has 3 aromatic rings. The third kappa shape index (κ3) is 5.53. The number of carboxylic acid groups (broad SMARTS) is 1. The van der Waals surface area contributed by atoms with Crippen LogP contribution in [0, 0.1) is 0 Å². The Morgan fingerprint density at radius 2 is 1.82 bits per heavy atom. The second kappa shape index (κ2) is 10.5. The monoisotopic (exact) mass is 449 g/mol. The quantitative estimate of drug-likeness (QED) is 0.516. The van der Waals surface area contributed by atoms with Crippen LogP contribution in [0.4, 0.5) is 0 Å². The molecule has 0 unspecified atom stereocenters. The number of hydrogen-bond acceptors (Lipinski definition) is 4. The summed E-state index contributed by atoms with van der Waals surface area (Å²) < 4.78 is 7.36. The number of amides is 1. The SMILES string of the molecule is COc1ccc(CN(CC(=O)O)C(=O)CCn2c(C3CCCCC3)nc3ccccc32)cc1. The molecule has 174 valence electrons. The number of aliphatic carboxylic acids is 1. The van der Waals surface area contributed by atoms with Gasteiger partial charge in [0.05, 0.1) is 18.1 Å². The van der Waals surface area contributed by atoms with Crippen molar-refractivity contribution in [1.82, 2.24) is 14.5 Å². The molecule has 7 heteroatoms. The van der Waals surface area contributed by atoms with Gasteiger partial charge in [-0.1, -0.05) is 43.5 Å². The Morgan fingerprint density at radius 1 is 1.09 bits per heavy atom. The van der Waals surface area contributed by atoms with Gasteiger partial charge in [0.15, 0.2) is 0 Å². The first-order valence-corrected chi connectivity index (χ1v) is 11.6. The third-order valence-electron chi connectivity index (χ3n) is 6.41. The number of benzene rings is 2. The number of para-hydroxylation sites is 2. The second-order valence-corrected chi connectivity index (χ2v) is 8.69. The van der Waals surface area contributed by atoms with Gasteiger partial charge in [-0.2, -0.15) is 0 Å². The van der Waals surface area contributed by atoms with Crippen LogP contribution in [0.1, 0.15) is 55.8 Å². The standard InChI is InChI=1S/C26H31N3O4/c1-33-21-13-11-19(12-14-21)17-28(18-25(31)32)24(30)15-16-29-23-10-6-5-9-22(23)27-26(29)20-7-3-2-4-8-20/h5-6,9-14,20H,2-4,7-8,15-18H2,1H3,(H,31,32). The van der Waals surface area contributed by atoms with Crippen LogP contribution in [0.2, 0.25) is 0 Å². The van der Waals surface area contributed by atoms with Crippen LogP contribution in [0.5, 0.6) is 5.75 Å². The van der Waals surface area contributed by atoms with E-state index in [4.69, 9.17) is 9.72 Å². The third-order valence-corrected chi connectivity index (χ3v) is 6.41. The van der Waals surface area contributed by atoms with Crippen LogP contribution in [0.15, 0.2) is 48.5 Å². The normalized spacial score (nSPS) is 14.3. The number of aromatic nitrogens is 2. The summed E-state index contributed by atoms with van der Waals surface area (Å²) in [5, 5.41) is 9.37. The van der Waals surface area contributed by atoms with Crippen molar-refractivity contribution < 1.29 is 19.4 Å². The summed E-state index contributed by atoms with van der Waals surface area (Å²) in [5.41, 5.74) is 2.85. The summed E-state index contributed by atoms with van der Waals surface area (Å²) in [4.78, 5) is 30.9. The number of methoxy groups -OCH3 is 1. The van der Waals surface area contributed by atoms with Gasteiger partial charge in [0, 0.05) is 25.4 Å². The van der Waals surface area contributed by atoms with Gasteiger partial charge in [-0.3, -0.25) is 9.59 Å². The highest BCUT2D eigenvalue weighted by molar-refractivity contribution is 5.82. The molecule has 1 fully saturated rings. The molecule has 1 N–H and O–H groups in total. The average Bonchev–Trinajstić information content (AvgIpc) is 3.21. The topological polar surface area (TPSA) is 84.7 Å². The molecule has 1 heterocycles. The van der Waals surface area contributed by atoms with Crippen molar-refractivity contribution in [2.45, 2.75) is 57.5 Å². The highest BCUT2D eigenvalue weighted by atomic mass is 16.5. The molecule has 33 heavy (non-hydrogen) atoms. The molecule has 1 aliphatic carbocycles. The van der Waals surface area contributed by atoms with Crippen LogP contribution in [0.3, 0.4) is 0 Å². The molecule has 0 radical (unpaired) electrons. The van der Waals surface area contributed by atoms with Crippen molar-refractivity contribution >= 4 is 22.9 Å². The van der Waals surface area contributed by atoms with Crippen molar-refractivity contribution in [3.63, 3.8) is 0 Å². The lowest BCUT2D eigenvalue weighted by atomic mass is 9.88. The zero-order valence-electron chi connectivity index (χ0n) is 19.1. The number of carbonyl (C=O) groups excluding carboxylic acids is 1. The van der Waals surface area contributed by atoms with Crippen molar-refractivity contribution in [2.24, 2.45) is 0 Å². The molecule has 0 saturated heterocycles. The van der Waals surface area contributed by atoms with E-state index in [0.717, 1.165) is 41.0 Å². The Balaban J connectivity index is 1.52. The number of carbonyl (C=O) groups is 2. The number of ether oxygens (including phenoxy) is 1. The number of aryl methyl sites for hydroxylation is 1. The molecule has 0 aliphatic heterocycles. The Bertz CT molecular complexity index is 1100. The van der Waals surface area contributed by atoms with E-state index in [0.29, 0.717) is 12.5 Å². The smallest absolute Gasteiger partial charge is 0.323 e.